The van der Waals surface area contributed by atoms with E-state index in [4.69, 9.17) is 4.74 Å². The van der Waals surface area contributed by atoms with Crippen LogP contribution in [0.2, 0.25) is 0 Å². The van der Waals surface area contributed by atoms with Gasteiger partial charge in [0.2, 0.25) is 10.0 Å². The van der Waals surface area contributed by atoms with Crippen molar-refractivity contribution in [2.24, 2.45) is 0 Å². The van der Waals surface area contributed by atoms with Gasteiger partial charge in [-0.05, 0) is 43.9 Å². The van der Waals surface area contributed by atoms with Crippen molar-refractivity contribution in [1.29, 1.82) is 0 Å². The van der Waals surface area contributed by atoms with Crippen LogP contribution in [-0.2, 0) is 14.8 Å². The molecule has 1 atom stereocenters. The quantitative estimate of drug-likeness (QED) is 0.747. The molecule has 2 fully saturated rings. The van der Waals surface area contributed by atoms with Gasteiger partial charge in [0.25, 0.3) is 0 Å². The van der Waals surface area contributed by atoms with Crippen molar-refractivity contribution in [3.8, 4) is 0 Å². The van der Waals surface area contributed by atoms with Crippen LogP contribution in [0.1, 0.15) is 44.1 Å². The van der Waals surface area contributed by atoms with Gasteiger partial charge < -0.3 is 15.4 Å². The van der Waals surface area contributed by atoms with Crippen LogP contribution < -0.4 is 15.4 Å². The summed E-state index contributed by atoms with van der Waals surface area (Å²) in [4.78, 5) is 12.4. The molecule has 1 spiro atoms. The van der Waals surface area contributed by atoms with Gasteiger partial charge in [-0.3, -0.25) is 4.72 Å². The van der Waals surface area contributed by atoms with Gasteiger partial charge in [0.05, 0.1) is 30.2 Å². The number of anilines is 2. The summed E-state index contributed by atoms with van der Waals surface area (Å²) in [6, 6.07) is 4.75. The van der Waals surface area contributed by atoms with E-state index in [2.05, 4.69) is 15.4 Å². The molecule has 2 aliphatic rings. The van der Waals surface area contributed by atoms with Crippen LogP contribution in [-0.4, -0.2) is 39.0 Å². The van der Waals surface area contributed by atoms with Gasteiger partial charge >= 0.3 is 6.03 Å². The van der Waals surface area contributed by atoms with E-state index in [-0.39, 0.29) is 17.7 Å². The molecule has 1 aliphatic heterocycles. The minimum absolute atomic E-state index is 0.00531. The first-order valence-corrected chi connectivity index (χ1v) is 10.9. The summed E-state index contributed by atoms with van der Waals surface area (Å²) < 4.78 is 31.2. The molecule has 144 valence electrons. The Labute approximate surface area is 154 Å². The zero-order valence-electron chi connectivity index (χ0n) is 15.3. The third kappa shape index (κ3) is 4.88. The average Bonchev–Trinajstić information content (AvgIpc) is 2.92. The molecule has 7 nitrogen and oxygen atoms in total. The molecule has 1 aromatic rings. The molecule has 1 saturated carbocycles. The van der Waals surface area contributed by atoms with Crippen molar-refractivity contribution in [1.82, 2.24) is 5.32 Å². The molecule has 1 heterocycles. The predicted octanol–water partition coefficient (Wildman–Crippen LogP) is 2.98. The number of ether oxygens (including phenoxy) is 1. The first-order chi connectivity index (χ1) is 12.2. The van der Waals surface area contributed by atoms with E-state index in [9.17, 15) is 13.2 Å². The zero-order chi connectivity index (χ0) is 18.8. The standard InChI is InChI=1S/C18H27N3O4S/c1-13-6-7-14(21-26(2,23)24)10-16(13)20-17(22)19-15-11-18(25-12-15)8-4-3-5-9-18/h6-7,10,15,21H,3-5,8-9,11-12H2,1-2H3,(H2,19,20,22). The van der Waals surface area contributed by atoms with E-state index in [0.29, 0.717) is 18.0 Å². The van der Waals surface area contributed by atoms with Crippen molar-refractivity contribution in [2.75, 3.05) is 22.9 Å². The number of rotatable bonds is 4. The van der Waals surface area contributed by atoms with E-state index >= 15 is 0 Å². The fraction of sp³-hybridized carbons (Fsp3) is 0.611. The van der Waals surface area contributed by atoms with Crippen molar-refractivity contribution in [3.05, 3.63) is 23.8 Å². The predicted molar refractivity (Wildman–Crippen MR) is 102 cm³/mol. The number of carbonyl (C=O) groups excluding carboxylic acids is 1. The number of aryl methyl sites for hydroxylation is 1. The summed E-state index contributed by atoms with van der Waals surface area (Å²) in [5, 5.41) is 5.79. The second-order valence-corrected chi connectivity index (χ2v) is 9.21. The topological polar surface area (TPSA) is 96.5 Å². The Morgan fingerprint density at radius 2 is 1.96 bits per heavy atom. The maximum atomic E-state index is 12.4. The van der Waals surface area contributed by atoms with Crippen LogP contribution in [0.4, 0.5) is 16.2 Å². The van der Waals surface area contributed by atoms with Crippen LogP contribution in [0.15, 0.2) is 18.2 Å². The van der Waals surface area contributed by atoms with Crippen molar-refractivity contribution in [3.63, 3.8) is 0 Å². The van der Waals surface area contributed by atoms with Gasteiger partial charge in [-0.2, -0.15) is 0 Å². The molecule has 1 aliphatic carbocycles. The van der Waals surface area contributed by atoms with Crippen LogP contribution in [0.5, 0.6) is 0 Å². The molecule has 26 heavy (non-hydrogen) atoms. The van der Waals surface area contributed by atoms with Gasteiger partial charge in [-0.25, -0.2) is 13.2 Å². The highest BCUT2D eigenvalue weighted by molar-refractivity contribution is 7.92. The first kappa shape index (κ1) is 19.0. The Balaban J connectivity index is 1.59. The lowest BCUT2D eigenvalue weighted by atomic mass is 9.82. The minimum atomic E-state index is -3.36. The van der Waals surface area contributed by atoms with Gasteiger partial charge in [-0.15, -0.1) is 0 Å². The number of urea groups is 1. The fourth-order valence-electron chi connectivity index (χ4n) is 3.86. The number of nitrogens with one attached hydrogen (secondary N) is 3. The van der Waals surface area contributed by atoms with Gasteiger partial charge in [0, 0.05) is 5.69 Å². The average molecular weight is 381 g/mol. The summed E-state index contributed by atoms with van der Waals surface area (Å²) >= 11 is 0. The molecule has 1 unspecified atom stereocenters. The maximum absolute atomic E-state index is 12.4. The van der Waals surface area contributed by atoms with E-state index < -0.39 is 10.0 Å². The first-order valence-electron chi connectivity index (χ1n) is 9.05. The molecule has 0 bridgehead atoms. The summed E-state index contributed by atoms with van der Waals surface area (Å²) in [7, 11) is -3.36. The number of benzene rings is 1. The van der Waals surface area contributed by atoms with E-state index in [1.165, 1.54) is 19.3 Å². The van der Waals surface area contributed by atoms with Crippen molar-refractivity contribution >= 4 is 27.4 Å². The molecule has 8 heteroatoms. The second kappa shape index (κ2) is 7.44. The van der Waals surface area contributed by atoms with Crippen LogP contribution in [0.25, 0.3) is 0 Å². The largest absolute Gasteiger partial charge is 0.373 e. The highest BCUT2D eigenvalue weighted by Crippen LogP contribution is 2.39. The van der Waals surface area contributed by atoms with Crippen molar-refractivity contribution in [2.45, 2.75) is 57.1 Å². The van der Waals surface area contributed by atoms with Crippen molar-refractivity contribution < 1.29 is 17.9 Å². The van der Waals surface area contributed by atoms with Crippen LogP contribution in [0, 0.1) is 6.92 Å². The van der Waals surface area contributed by atoms with Gasteiger partial charge in [-0.1, -0.05) is 25.3 Å². The third-order valence-corrected chi connectivity index (χ3v) is 5.70. The number of hydrogen-bond acceptors (Lipinski definition) is 4. The third-order valence-electron chi connectivity index (χ3n) is 5.10. The molecular formula is C18H27N3O4S. The number of carbonyl (C=O) groups is 1. The Bertz CT molecular complexity index is 773. The monoisotopic (exact) mass is 381 g/mol. The van der Waals surface area contributed by atoms with E-state index in [1.807, 2.05) is 6.92 Å². The summed E-state index contributed by atoms with van der Waals surface area (Å²) in [5.41, 5.74) is 1.79. The summed E-state index contributed by atoms with van der Waals surface area (Å²) in [6.45, 7) is 2.40. The molecule has 0 radical (unpaired) electrons. The zero-order valence-corrected chi connectivity index (χ0v) is 16.1. The Morgan fingerprint density at radius 3 is 2.65 bits per heavy atom. The highest BCUT2D eigenvalue weighted by Gasteiger charge is 2.41. The van der Waals surface area contributed by atoms with Gasteiger partial charge in [0.1, 0.15) is 0 Å². The SMILES string of the molecule is Cc1ccc(NS(C)(=O)=O)cc1NC(=O)NC1COC2(CCCCC2)C1. The molecule has 3 N–H and O–H groups in total. The summed E-state index contributed by atoms with van der Waals surface area (Å²) in [5.74, 6) is 0. The van der Waals surface area contributed by atoms with E-state index in [1.54, 1.807) is 18.2 Å². The van der Waals surface area contributed by atoms with Crippen LogP contribution >= 0.6 is 0 Å². The number of amides is 2. The number of sulfonamides is 1. The molecule has 2 amide bonds. The summed E-state index contributed by atoms with van der Waals surface area (Å²) in [6.07, 6.45) is 7.75. The highest BCUT2D eigenvalue weighted by atomic mass is 32.2. The smallest absolute Gasteiger partial charge is 0.319 e. The Hall–Kier alpha value is -1.80. The maximum Gasteiger partial charge on any atom is 0.319 e. The lowest BCUT2D eigenvalue weighted by molar-refractivity contribution is -0.0245. The Kier molecular flexibility index (Phi) is 5.43. The number of hydrogen-bond donors (Lipinski definition) is 3. The fourth-order valence-corrected chi connectivity index (χ4v) is 4.41. The minimum Gasteiger partial charge on any atom is -0.373 e. The normalized spacial score (nSPS) is 22.2. The Morgan fingerprint density at radius 1 is 1.23 bits per heavy atom. The second-order valence-electron chi connectivity index (χ2n) is 7.46. The lowest BCUT2D eigenvalue weighted by Gasteiger charge is -2.32. The molecule has 3 rings (SSSR count). The van der Waals surface area contributed by atoms with Gasteiger partial charge in [0.15, 0.2) is 0 Å². The van der Waals surface area contributed by atoms with Crippen LogP contribution in [0.3, 0.4) is 0 Å². The molecule has 1 saturated heterocycles. The molecule has 0 aromatic heterocycles. The molecular weight excluding hydrogens is 354 g/mol. The van der Waals surface area contributed by atoms with E-state index in [0.717, 1.165) is 31.1 Å². The lowest BCUT2D eigenvalue weighted by Crippen LogP contribution is -2.39. The molecule has 1 aromatic carbocycles.